The third kappa shape index (κ3) is 3.92. The molecule has 2 aliphatic heterocycles. The van der Waals surface area contributed by atoms with E-state index in [2.05, 4.69) is 17.1 Å². The summed E-state index contributed by atoms with van der Waals surface area (Å²) in [6.45, 7) is 9.10. The number of rotatable bonds is 8. The quantitative estimate of drug-likeness (QED) is 0.667. The molecule has 0 aliphatic carbocycles. The molecule has 0 aromatic carbocycles. The van der Waals surface area contributed by atoms with Gasteiger partial charge in [0.25, 0.3) is 0 Å². The first-order valence-corrected chi connectivity index (χ1v) is 7.79. The SMILES string of the molecule is CCCNCC1(CN2CC(OC)C(OC)C2)CCOC1. The Morgan fingerprint density at radius 1 is 1.25 bits per heavy atom. The zero-order chi connectivity index (χ0) is 14.4. The molecule has 0 aromatic rings. The van der Waals surface area contributed by atoms with E-state index in [9.17, 15) is 0 Å². The molecule has 2 aliphatic rings. The van der Waals surface area contributed by atoms with E-state index in [4.69, 9.17) is 14.2 Å². The number of hydrogen-bond acceptors (Lipinski definition) is 5. The third-order valence-corrected chi connectivity index (χ3v) is 4.57. The number of hydrogen-bond donors (Lipinski definition) is 1. The minimum atomic E-state index is 0.197. The lowest BCUT2D eigenvalue weighted by atomic mass is 9.86. The summed E-state index contributed by atoms with van der Waals surface area (Å²) in [6, 6.07) is 0. The molecule has 118 valence electrons. The fraction of sp³-hybridized carbons (Fsp3) is 1.00. The highest BCUT2D eigenvalue weighted by Crippen LogP contribution is 2.31. The number of likely N-dealkylation sites (tertiary alicyclic amines) is 1. The first kappa shape index (κ1) is 16.2. The van der Waals surface area contributed by atoms with Crippen LogP contribution in [0, 0.1) is 5.41 Å². The molecule has 2 saturated heterocycles. The molecule has 0 radical (unpaired) electrons. The zero-order valence-corrected chi connectivity index (χ0v) is 13.2. The molecule has 3 atom stereocenters. The molecule has 2 heterocycles. The van der Waals surface area contributed by atoms with Crippen LogP contribution in [-0.4, -0.2) is 77.3 Å². The van der Waals surface area contributed by atoms with Crippen LogP contribution in [-0.2, 0) is 14.2 Å². The van der Waals surface area contributed by atoms with Gasteiger partial charge in [-0.15, -0.1) is 0 Å². The lowest BCUT2D eigenvalue weighted by molar-refractivity contribution is -0.00461. The van der Waals surface area contributed by atoms with Gasteiger partial charge in [0.1, 0.15) is 0 Å². The van der Waals surface area contributed by atoms with Crippen molar-refractivity contribution >= 4 is 0 Å². The van der Waals surface area contributed by atoms with Crippen LogP contribution in [0.5, 0.6) is 0 Å². The average molecular weight is 286 g/mol. The molecule has 5 heteroatoms. The van der Waals surface area contributed by atoms with Crippen molar-refractivity contribution in [2.75, 3.05) is 60.2 Å². The zero-order valence-electron chi connectivity index (χ0n) is 13.2. The Hall–Kier alpha value is -0.200. The topological polar surface area (TPSA) is 43.0 Å². The van der Waals surface area contributed by atoms with Gasteiger partial charge in [0, 0.05) is 52.4 Å². The molecule has 0 amide bonds. The smallest absolute Gasteiger partial charge is 0.0971 e. The number of ether oxygens (including phenoxy) is 3. The first-order valence-electron chi connectivity index (χ1n) is 7.79. The second-order valence-corrected chi connectivity index (χ2v) is 6.22. The van der Waals surface area contributed by atoms with Crippen LogP contribution >= 0.6 is 0 Å². The summed E-state index contributed by atoms with van der Waals surface area (Å²) >= 11 is 0. The molecule has 0 spiro atoms. The molecule has 0 aromatic heterocycles. The van der Waals surface area contributed by atoms with E-state index >= 15 is 0 Å². The van der Waals surface area contributed by atoms with Crippen LogP contribution in [0.15, 0.2) is 0 Å². The van der Waals surface area contributed by atoms with E-state index in [1.165, 1.54) is 6.42 Å². The minimum absolute atomic E-state index is 0.197. The van der Waals surface area contributed by atoms with Crippen LogP contribution in [0.3, 0.4) is 0 Å². The summed E-state index contributed by atoms with van der Waals surface area (Å²) in [5.74, 6) is 0. The van der Waals surface area contributed by atoms with Crippen molar-refractivity contribution in [1.29, 1.82) is 0 Å². The maximum atomic E-state index is 5.68. The Morgan fingerprint density at radius 3 is 2.45 bits per heavy atom. The van der Waals surface area contributed by atoms with Crippen molar-refractivity contribution in [2.24, 2.45) is 5.41 Å². The third-order valence-electron chi connectivity index (χ3n) is 4.57. The van der Waals surface area contributed by atoms with E-state index in [1.807, 2.05) is 0 Å². The number of nitrogens with zero attached hydrogens (tertiary/aromatic N) is 1. The predicted molar refractivity (Wildman–Crippen MR) is 79.1 cm³/mol. The minimum Gasteiger partial charge on any atom is -0.381 e. The second-order valence-electron chi connectivity index (χ2n) is 6.22. The molecule has 1 N–H and O–H groups in total. The Bertz CT molecular complexity index is 270. The molecular weight excluding hydrogens is 256 g/mol. The summed E-state index contributed by atoms with van der Waals surface area (Å²) in [5.41, 5.74) is 0.260. The summed E-state index contributed by atoms with van der Waals surface area (Å²) < 4.78 is 16.7. The normalized spacial score (nSPS) is 35.0. The molecule has 2 rings (SSSR count). The highest BCUT2D eigenvalue weighted by atomic mass is 16.5. The highest BCUT2D eigenvalue weighted by molar-refractivity contribution is 4.93. The van der Waals surface area contributed by atoms with Crippen molar-refractivity contribution in [3.05, 3.63) is 0 Å². The van der Waals surface area contributed by atoms with Crippen molar-refractivity contribution in [3.8, 4) is 0 Å². The van der Waals surface area contributed by atoms with Crippen LogP contribution in [0.25, 0.3) is 0 Å². The summed E-state index contributed by atoms with van der Waals surface area (Å²) in [4.78, 5) is 2.48. The Morgan fingerprint density at radius 2 is 1.95 bits per heavy atom. The summed E-state index contributed by atoms with van der Waals surface area (Å²) in [7, 11) is 3.55. The molecule has 0 bridgehead atoms. The predicted octanol–water partition coefficient (Wildman–Crippen LogP) is 0.738. The fourth-order valence-corrected chi connectivity index (χ4v) is 3.37. The van der Waals surface area contributed by atoms with Gasteiger partial charge < -0.3 is 19.5 Å². The maximum absolute atomic E-state index is 5.68. The average Bonchev–Trinajstić information content (AvgIpc) is 3.06. The first-order chi connectivity index (χ1) is 9.73. The maximum Gasteiger partial charge on any atom is 0.0971 e. The Labute approximate surface area is 122 Å². The Balaban J connectivity index is 1.88. The van der Waals surface area contributed by atoms with Crippen molar-refractivity contribution < 1.29 is 14.2 Å². The molecule has 20 heavy (non-hydrogen) atoms. The van der Waals surface area contributed by atoms with Gasteiger partial charge in [-0.3, -0.25) is 4.90 Å². The van der Waals surface area contributed by atoms with Crippen LogP contribution < -0.4 is 5.32 Å². The van der Waals surface area contributed by atoms with Gasteiger partial charge >= 0.3 is 0 Å². The second kappa shape index (κ2) is 7.71. The van der Waals surface area contributed by atoms with Gasteiger partial charge in [-0.2, -0.15) is 0 Å². The van der Waals surface area contributed by atoms with E-state index in [1.54, 1.807) is 14.2 Å². The van der Waals surface area contributed by atoms with E-state index < -0.39 is 0 Å². The monoisotopic (exact) mass is 286 g/mol. The number of methoxy groups -OCH3 is 2. The number of nitrogens with one attached hydrogen (secondary N) is 1. The van der Waals surface area contributed by atoms with Gasteiger partial charge in [-0.25, -0.2) is 0 Å². The van der Waals surface area contributed by atoms with Gasteiger partial charge in [-0.05, 0) is 19.4 Å². The van der Waals surface area contributed by atoms with Crippen LogP contribution in [0.2, 0.25) is 0 Å². The highest BCUT2D eigenvalue weighted by Gasteiger charge is 2.40. The van der Waals surface area contributed by atoms with Crippen molar-refractivity contribution in [1.82, 2.24) is 10.2 Å². The van der Waals surface area contributed by atoms with Crippen molar-refractivity contribution in [3.63, 3.8) is 0 Å². The van der Waals surface area contributed by atoms with E-state index in [0.717, 1.165) is 52.4 Å². The molecule has 3 unspecified atom stereocenters. The van der Waals surface area contributed by atoms with Gasteiger partial charge in [0.2, 0.25) is 0 Å². The van der Waals surface area contributed by atoms with E-state index in [-0.39, 0.29) is 17.6 Å². The van der Waals surface area contributed by atoms with Gasteiger partial charge in [-0.1, -0.05) is 6.92 Å². The molecular formula is C15H30N2O3. The fourth-order valence-electron chi connectivity index (χ4n) is 3.37. The Kier molecular flexibility index (Phi) is 6.23. The lowest BCUT2D eigenvalue weighted by Gasteiger charge is -2.32. The van der Waals surface area contributed by atoms with Crippen LogP contribution in [0.4, 0.5) is 0 Å². The van der Waals surface area contributed by atoms with Crippen molar-refractivity contribution in [2.45, 2.75) is 32.0 Å². The van der Waals surface area contributed by atoms with E-state index in [0.29, 0.717) is 0 Å². The van der Waals surface area contributed by atoms with Gasteiger partial charge in [0.15, 0.2) is 0 Å². The molecule has 2 fully saturated rings. The summed E-state index contributed by atoms with van der Waals surface area (Å²) in [5, 5.41) is 3.57. The lowest BCUT2D eigenvalue weighted by Crippen LogP contribution is -2.44. The largest absolute Gasteiger partial charge is 0.381 e. The van der Waals surface area contributed by atoms with Gasteiger partial charge in [0.05, 0.1) is 18.8 Å². The standard InChI is InChI=1S/C15H30N2O3/c1-4-6-16-10-15(5-7-20-12-15)11-17-8-13(18-2)14(9-17)19-3/h13-14,16H,4-12H2,1-3H3. The molecule has 0 saturated carbocycles. The summed E-state index contributed by atoms with van der Waals surface area (Å²) in [6.07, 6.45) is 2.72. The van der Waals surface area contributed by atoms with Crippen LogP contribution in [0.1, 0.15) is 19.8 Å². The molecule has 5 nitrogen and oxygen atoms in total.